The Morgan fingerprint density at radius 1 is 1.24 bits per heavy atom. The first kappa shape index (κ1) is 19.2. The van der Waals surface area contributed by atoms with Crippen LogP contribution < -0.4 is 11.5 Å². The van der Waals surface area contributed by atoms with Crippen LogP contribution in [-0.4, -0.2) is 30.2 Å². The number of aromatic nitrogens is 5. The number of nitrogens with zero attached hydrogens (tertiary/aromatic N) is 5. The maximum atomic E-state index is 11.7. The van der Waals surface area contributed by atoms with Crippen LogP contribution in [0.1, 0.15) is 38.1 Å². The Hall–Kier alpha value is -3.13. The maximum absolute atomic E-state index is 11.7. The molecule has 150 valence electrons. The molecule has 29 heavy (non-hydrogen) atoms. The zero-order valence-corrected chi connectivity index (χ0v) is 17.4. The summed E-state index contributed by atoms with van der Waals surface area (Å²) in [6, 6.07) is 5.22. The average molecular weight is 412 g/mol. The maximum Gasteiger partial charge on any atom is 0.248 e. The zero-order valence-electron chi connectivity index (χ0n) is 16.7. The smallest absolute Gasteiger partial charge is 0.248 e. The van der Waals surface area contributed by atoms with Crippen molar-refractivity contribution in [3.05, 3.63) is 35.1 Å². The van der Waals surface area contributed by atoms with Crippen LogP contribution in [0.15, 0.2) is 24.5 Å². The number of halogens is 1. The van der Waals surface area contributed by atoms with Gasteiger partial charge in [-0.25, -0.2) is 14.6 Å². The SMILES string of the molecule is CCn1c(-c2nn(C(C)(C)C)c3ncnc(N)c23)c(Cl)c2ccc(C(N)=O)cc21. The molecule has 0 fully saturated rings. The van der Waals surface area contributed by atoms with Crippen LogP contribution in [0.25, 0.3) is 33.3 Å². The van der Waals surface area contributed by atoms with Crippen molar-refractivity contribution < 1.29 is 4.79 Å². The molecule has 0 saturated heterocycles. The number of nitrogen functional groups attached to an aromatic ring is 1. The Balaban J connectivity index is 2.14. The third-order valence-corrected chi connectivity index (χ3v) is 5.34. The molecule has 0 aliphatic heterocycles. The fourth-order valence-electron chi connectivity index (χ4n) is 3.63. The fourth-order valence-corrected chi connectivity index (χ4v) is 3.98. The van der Waals surface area contributed by atoms with Crippen molar-refractivity contribution in [1.82, 2.24) is 24.3 Å². The topological polar surface area (TPSA) is 118 Å². The van der Waals surface area contributed by atoms with Gasteiger partial charge in [0.1, 0.15) is 17.8 Å². The highest BCUT2D eigenvalue weighted by Gasteiger charge is 2.28. The van der Waals surface area contributed by atoms with Crippen molar-refractivity contribution in [3.8, 4) is 11.4 Å². The van der Waals surface area contributed by atoms with Gasteiger partial charge in [-0.3, -0.25) is 4.79 Å². The summed E-state index contributed by atoms with van der Waals surface area (Å²) in [5.74, 6) is -0.157. The number of anilines is 1. The number of amides is 1. The number of hydrogen-bond acceptors (Lipinski definition) is 5. The second-order valence-electron chi connectivity index (χ2n) is 7.89. The molecule has 4 N–H and O–H groups in total. The molecular formula is C20H22ClN7O. The number of fused-ring (bicyclic) bond motifs is 2. The van der Waals surface area contributed by atoms with Crippen molar-refractivity contribution in [2.45, 2.75) is 39.8 Å². The second-order valence-corrected chi connectivity index (χ2v) is 8.27. The number of nitrogens with two attached hydrogens (primary N) is 2. The van der Waals surface area contributed by atoms with Gasteiger partial charge in [-0.05, 0) is 39.8 Å². The van der Waals surface area contributed by atoms with Crippen LogP contribution >= 0.6 is 11.6 Å². The third kappa shape index (κ3) is 2.82. The molecule has 1 aromatic carbocycles. The van der Waals surface area contributed by atoms with Gasteiger partial charge in [0.25, 0.3) is 0 Å². The Bertz CT molecular complexity index is 1280. The van der Waals surface area contributed by atoms with E-state index in [-0.39, 0.29) is 5.54 Å². The Kier molecular flexibility index (Phi) is 4.27. The van der Waals surface area contributed by atoms with E-state index in [1.165, 1.54) is 6.33 Å². The number of benzene rings is 1. The molecular weight excluding hydrogens is 390 g/mol. The van der Waals surface area contributed by atoms with E-state index in [4.69, 9.17) is 28.2 Å². The van der Waals surface area contributed by atoms with Crippen molar-refractivity contribution in [2.75, 3.05) is 5.73 Å². The highest BCUT2D eigenvalue weighted by Crippen LogP contribution is 2.41. The summed E-state index contributed by atoms with van der Waals surface area (Å²) in [5, 5.41) is 6.84. The Morgan fingerprint density at radius 2 is 1.97 bits per heavy atom. The summed E-state index contributed by atoms with van der Waals surface area (Å²) in [5.41, 5.74) is 14.6. The lowest BCUT2D eigenvalue weighted by Gasteiger charge is -2.19. The summed E-state index contributed by atoms with van der Waals surface area (Å²) in [7, 11) is 0. The number of hydrogen-bond donors (Lipinski definition) is 2. The van der Waals surface area contributed by atoms with Gasteiger partial charge in [-0.1, -0.05) is 17.7 Å². The predicted octanol–water partition coefficient (Wildman–Crippen LogP) is 3.56. The highest BCUT2D eigenvalue weighted by atomic mass is 35.5. The number of carbonyl (C=O) groups excluding carboxylic acids is 1. The lowest BCUT2D eigenvalue weighted by atomic mass is 10.1. The van der Waals surface area contributed by atoms with E-state index in [9.17, 15) is 4.79 Å². The lowest BCUT2D eigenvalue weighted by molar-refractivity contribution is 0.100. The number of primary amides is 1. The minimum Gasteiger partial charge on any atom is -0.383 e. The van der Waals surface area contributed by atoms with Crippen LogP contribution in [-0.2, 0) is 12.1 Å². The predicted molar refractivity (Wildman–Crippen MR) is 115 cm³/mol. The van der Waals surface area contributed by atoms with E-state index in [0.29, 0.717) is 45.4 Å². The van der Waals surface area contributed by atoms with E-state index in [1.807, 2.05) is 36.9 Å². The van der Waals surface area contributed by atoms with Crippen molar-refractivity contribution in [1.29, 1.82) is 0 Å². The van der Waals surface area contributed by atoms with E-state index in [0.717, 1.165) is 10.9 Å². The van der Waals surface area contributed by atoms with Crippen LogP contribution in [0, 0.1) is 0 Å². The molecule has 0 aliphatic rings. The molecule has 0 unspecified atom stereocenters. The van der Waals surface area contributed by atoms with Gasteiger partial charge >= 0.3 is 0 Å². The quantitative estimate of drug-likeness (QED) is 0.534. The van der Waals surface area contributed by atoms with Crippen molar-refractivity contribution in [2.24, 2.45) is 5.73 Å². The first-order chi connectivity index (χ1) is 13.6. The molecule has 0 saturated carbocycles. The monoisotopic (exact) mass is 411 g/mol. The van der Waals surface area contributed by atoms with Gasteiger partial charge in [0.2, 0.25) is 5.91 Å². The van der Waals surface area contributed by atoms with Crippen LogP contribution in [0.4, 0.5) is 5.82 Å². The molecule has 8 nitrogen and oxygen atoms in total. The molecule has 3 heterocycles. The molecule has 0 aliphatic carbocycles. The van der Waals surface area contributed by atoms with Crippen LogP contribution in [0.5, 0.6) is 0 Å². The zero-order chi connectivity index (χ0) is 21.1. The summed E-state index contributed by atoms with van der Waals surface area (Å²) in [6.45, 7) is 8.73. The number of aryl methyl sites for hydroxylation is 1. The fraction of sp³-hybridized carbons (Fsp3) is 0.300. The largest absolute Gasteiger partial charge is 0.383 e. The molecule has 0 bridgehead atoms. The van der Waals surface area contributed by atoms with Crippen LogP contribution in [0.2, 0.25) is 5.02 Å². The van der Waals surface area contributed by atoms with Gasteiger partial charge in [0.15, 0.2) is 5.65 Å². The molecule has 0 radical (unpaired) electrons. The average Bonchev–Trinajstić information content (AvgIpc) is 3.17. The molecule has 4 rings (SSSR count). The van der Waals surface area contributed by atoms with Gasteiger partial charge in [-0.15, -0.1) is 0 Å². The van der Waals surface area contributed by atoms with Gasteiger partial charge in [-0.2, -0.15) is 5.10 Å². The van der Waals surface area contributed by atoms with Gasteiger partial charge < -0.3 is 16.0 Å². The van der Waals surface area contributed by atoms with Gasteiger partial charge in [0, 0.05) is 17.5 Å². The first-order valence-corrected chi connectivity index (χ1v) is 9.64. The molecule has 0 spiro atoms. The minimum absolute atomic E-state index is 0.327. The summed E-state index contributed by atoms with van der Waals surface area (Å²) in [4.78, 5) is 20.3. The van der Waals surface area contributed by atoms with E-state index in [1.54, 1.807) is 18.2 Å². The number of carbonyl (C=O) groups is 1. The molecule has 1 amide bonds. The Labute approximate surface area is 172 Å². The second kappa shape index (κ2) is 6.45. The van der Waals surface area contributed by atoms with E-state index >= 15 is 0 Å². The third-order valence-electron chi connectivity index (χ3n) is 4.96. The molecule has 9 heteroatoms. The number of rotatable bonds is 3. The molecule has 4 aromatic rings. The summed E-state index contributed by atoms with van der Waals surface area (Å²) >= 11 is 6.82. The highest BCUT2D eigenvalue weighted by molar-refractivity contribution is 6.39. The standard InChI is InChI=1S/C20H22ClN7O/c1-5-27-12-8-10(18(23)29)6-7-11(12)14(21)16(27)15-13-17(22)24-9-25-19(13)28(26-15)20(2,3)4/h6-9H,5H2,1-4H3,(H2,23,29)(H2,22,24,25). The van der Waals surface area contributed by atoms with E-state index < -0.39 is 5.91 Å². The van der Waals surface area contributed by atoms with Crippen LogP contribution in [0.3, 0.4) is 0 Å². The van der Waals surface area contributed by atoms with Crippen molar-refractivity contribution >= 4 is 45.3 Å². The molecule has 3 aromatic heterocycles. The van der Waals surface area contributed by atoms with Gasteiger partial charge in [0.05, 0.1) is 27.2 Å². The van der Waals surface area contributed by atoms with Crippen molar-refractivity contribution in [3.63, 3.8) is 0 Å². The summed E-state index contributed by atoms with van der Waals surface area (Å²) < 4.78 is 3.84. The first-order valence-electron chi connectivity index (χ1n) is 9.26. The Morgan fingerprint density at radius 3 is 2.59 bits per heavy atom. The lowest BCUT2D eigenvalue weighted by Crippen LogP contribution is -2.23. The van der Waals surface area contributed by atoms with E-state index in [2.05, 4.69) is 9.97 Å². The summed E-state index contributed by atoms with van der Waals surface area (Å²) in [6.07, 6.45) is 1.43. The normalized spacial score (nSPS) is 12.2. The minimum atomic E-state index is -0.492. The molecule has 0 atom stereocenters.